The summed E-state index contributed by atoms with van der Waals surface area (Å²) in [6, 6.07) is 5.63. The third-order valence-electron chi connectivity index (χ3n) is 2.66. The van der Waals surface area contributed by atoms with Crippen molar-refractivity contribution < 1.29 is 4.39 Å². The van der Waals surface area contributed by atoms with Gasteiger partial charge in [0.25, 0.3) is 0 Å². The molecule has 0 aliphatic rings. The zero-order valence-electron chi connectivity index (χ0n) is 8.68. The maximum absolute atomic E-state index is 13.6. The van der Waals surface area contributed by atoms with E-state index in [0.29, 0.717) is 21.9 Å². The molecule has 0 unspecified atom stereocenters. The molecule has 1 aromatic carbocycles. The van der Waals surface area contributed by atoms with Crippen LogP contribution >= 0.6 is 23.2 Å². The van der Waals surface area contributed by atoms with Crippen LogP contribution < -0.4 is 0 Å². The van der Waals surface area contributed by atoms with Gasteiger partial charge < -0.3 is 4.98 Å². The molecule has 6 heteroatoms. The maximum atomic E-state index is 13.6. The fourth-order valence-corrected chi connectivity index (χ4v) is 2.27. The largest absolute Gasteiger partial charge is 0.339 e. The summed E-state index contributed by atoms with van der Waals surface area (Å²) >= 11 is 12.0. The molecular formula is C12H3Cl2FN3. The van der Waals surface area contributed by atoms with E-state index in [1.807, 2.05) is 6.07 Å². The number of nitrogens with one attached hydrogen (secondary N) is 1. The van der Waals surface area contributed by atoms with Gasteiger partial charge in [-0.3, -0.25) is 0 Å². The lowest BCUT2D eigenvalue weighted by molar-refractivity contribution is 0.626. The van der Waals surface area contributed by atoms with Gasteiger partial charge in [0, 0.05) is 23.0 Å². The highest BCUT2D eigenvalue weighted by molar-refractivity contribution is 6.46. The lowest BCUT2D eigenvalue weighted by Gasteiger charge is -1.99. The van der Waals surface area contributed by atoms with Gasteiger partial charge in [-0.15, -0.1) is 0 Å². The Morgan fingerprint density at radius 2 is 2.17 bits per heavy atom. The summed E-state index contributed by atoms with van der Waals surface area (Å²) in [5.41, 5.74) is 0.818. The Labute approximate surface area is 111 Å². The topological polar surface area (TPSA) is 52.5 Å². The van der Waals surface area contributed by atoms with Gasteiger partial charge in [-0.05, 0) is 6.07 Å². The van der Waals surface area contributed by atoms with Gasteiger partial charge >= 0.3 is 0 Å². The Morgan fingerprint density at radius 3 is 2.89 bits per heavy atom. The zero-order chi connectivity index (χ0) is 12.9. The number of aromatic amines is 1. The molecule has 0 spiro atoms. The van der Waals surface area contributed by atoms with Crippen molar-refractivity contribution in [3.63, 3.8) is 0 Å². The number of pyridine rings is 1. The molecule has 3 nitrogen and oxygen atoms in total. The minimum Gasteiger partial charge on any atom is -0.339 e. The molecule has 0 atom stereocenters. The Balaban J connectivity index is 2.67. The molecule has 1 radical (unpaired) electrons. The summed E-state index contributed by atoms with van der Waals surface area (Å²) in [6.45, 7) is 0. The molecule has 0 fully saturated rings. The summed E-state index contributed by atoms with van der Waals surface area (Å²) in [4.78, 5) is 6.98. The Hall–Kier alpha value is -1.83. The smallest absolute Gasteiger partial charge is 0.142 e. The summed E-state index contributed by atoms with van der Waals surface area (Å²) < 4.78 is 13.6. The van der Waals surface area contributed by atoms with Crippen LogP contribution in [-0.4, -0.2) is 9.97 Å². The van der Waals surface area contributed by atoms with Gasteiger partial charge in [-0.1, -0.05) is 23.2 Å². The fourth-order valence-electron chi connectivity index (χ4n) is 1.89. The minimum absolute atomic E-state index is 0.0963. The van der Waals surface area contributed by atoms with Crippen LogP contribution in [0.1, 0.15) is 5.56 Å². The standard InChI is InChI=1S/C12H3Cl2FN3/c13-6-4-17-12-10(11(6)14)9-5(3-16)7(15)1-2-8(9)18-12/h1,4H,(H,17,18). The summed E-state index contributed by atoms with van der Waals surface area (Å²) in [6.07, 6.45) is 1.39. The molecule has 0 saturated heterocycles. The molecule has 0 aliphatic carbocycles. The second-order valence-electron chi connectivity index (χ2n) is 3.64. The third kappa shape index (κ3) is 1.38. The van der Waals surface area contributed by atoms with E-state index in [-0.39, 0.29) is 15.6 Å². The van der Waals surface area contributed by atoms with Crippen LogP contribution in [0.2, 0.25) is 10.0 Å². The molecule has 2 heterocycles. The number of benzene rings is 1. The van der Waals surface area contributed by atoms with Crippen LogP contribution in [0.4, 0.5) is 4.39 Å². The van der Waals surface area contributed by atoms with Crippen LogP contribution in [0, 0.1) is 23.2 Å². The number of rotatable bonds is 0. The number of H-pyrrole nitrogens is 1. The van der Waals surface area contributed by atoms with Crippen molar-refractivity contribution >= 4 is 45.1 Å². The fraction of sp³-hybridized carbons (Fsp3) is 0. The van der Waals surface area contributed by atoms with Gasteiger partial charge in [0.1, 0.15) is 17.5 Å². The van der Waals surface area contributed by atoms with Gasteiger partial charge in [0.2, 0.25) is 0 Å². The first-order chi connectivity index (χ1) is 8.63. The van der Waals surface area contributed by atoms with Crippen LogP contribution in [0.3, 0.4) is 0 Å². The molecular weight excluding hydrogens is 276 g/mol. The number of nitrogens with zero attached hydrogens (tertiary/aromatic N) is 2. The van der Waals surface area contributed by atoms with E-state index < -0.39 is 5.82 Å². The number of halogens is 3. The molecule has 3 aromatic rings. The molecule has 0 bridgehead atoms. The van der Waals surface area contributed by atoms with Crippen molar-refractivity contribution in [3.05, 3.63) is 39.8 Å². The second-order valence-corrected chi connectivity index (χ2v) is 4.43. The highest BCUT2D eigenvalue weighted by Crippen LogP contribution is 2.36. The summed E-state index contributed by atoms with van der Waals surface area (Å²) in [5.74, 6) is -0.651. The summed E-state index contributed by atoms with van der Waals surface area (Å²) in [7, 11) is 0. The Morgan fingerprint density at radius 1 is 1.39 bits per heavy atom. The van der Waals surface area contributed by atoms with Crippen LogP contribution in [-0.2, 0) is 0 Å². The van der Waals surface area contributed by atoms with Crippen molar-refractivity contribution in [2.45, 2.75) is 0 Å². The van der Waals surface area contributed by atoms with Gasteiger partial charge in [-0.25, -0.2) is 9.37 Å². The molecule has 0 saturated carbocycles. The molecule has 18 heavy (non-hydrogen) atoms. The van der Waals surface area contributed by atoms with E-state index in [1.165, 1.54) is 6.20 Å². The molecule has 2 aromatic heterocycles. The average Bonchev–Trinajstić information content (AvgIpc) is 2.73. The van der Waals surface area contributed by atoms with Gasteiger partial charge in [-0.2, -0.15) is 5.26 Å². The quantitative estimate of drug-likeness (QED) is 0.679. The highest BCUT2D eigenvalue weighted by atomic mass is 35.5. The first-order valence-electron chi connectivity index (χ1n) is 4.89. The molecule has 0 amide bonds. The zero-order valence-corrected chi connectivity index (χ0v) is 10.2. The van der Waals surface area contributed by atoms with Crippen molar-refractivity contribution in [2.24, 2.45) is 0 Å². The number of hydrogen-bond donors (Lipinski definition) is 1. The number of aromatic nitrogens is 2. The lowest BCUT2D eigenvalue weighted by atomic mass is 10.1. The van der Waals surface area contributed by atoms with Crippen molar-refractivity contribution in [1.82, 2.24) is 9.97 Å². The molecule has 1 N–H and O–H groups in total. The Kier molecular flexibility index (Phi) is 2.40. The molecule has 87 valence electrons. The van der Waals surface area contributed by atoms with Crippen LogP contribution in [0.15, 0.2) is 12.3 Å². The Bertz CT molecular complexity index is 833. The van der Waals surface area contributed by atoms with Crippen molar-refractivity contribution in [1.29, 1.82) is 5.26 Å². The van der Waals surface area contributed by atoms with E-state index in [4.69, 9.17) is 28.5 Å². The summed E-state index contributed by atoms with van der Waals surface area (Å²) in [5, 5.41) is 10.3. The van der Waals surface area contributed by atoms with E-state index in [0.717, 1.165) is 6.07 Å². The van der Waals surface area contributed by atoms with Crippen molar-refractivity contribution in [3.8, 4) is 6.07 Å². The van der Waals surface area contributed by atoms with Gasteiger partial charge in [0.05, 0.1) is 21.1 Å². The van der Waals surface area contributed by atoms with E-state index in [1.54, 1.807) is 0 Å². The van der Waals surface area contributed by atoms with E-state index >= 15 is 0 Å². The van der Waals surface area contributed by atoms with E-state index in [2.05, 4.69) is 16.0 Å². The second kappa shape index (κ2) is 3.84. The average molecular weight is 279 g/mol. The predicted octanol–water partition coefficient (Wildman–Crippen LogP) is 3.83. The monoisotopic (exact) mass is 278 g/mol. The SMILES string of the molecule is N#Cc1c(F)c[c]c2[nH]c3ncc(Cl)c(Cl)c3c12. The third-order valence-corrected chi connectivity index (χ3v) is 3.44. The van der Waals surface area contributed by atoms with Crippen molar-refractivity contribution in [2.75, 3.05) is 0 Å². The maximum Gasteiger partial charge on any atom is 0.142 e. The highest BCUT2D eigenvalue weighted by Gasteiger charge is 2.17. The first kappa shape index (κ1) is 11.3. The van der Waals surface area contributed by atoms with Crippen LogP contribution in [0.25, 0.3) is 21.9 Å². The van der Waals surface area contributed by atoms with E-state index in [9.17, 15) is 4.39 Å². The number of nitriles is 1. The van der Waals surface area contributed by atoms with Crippen LogP contribution in [0.5, 0.6) is 0 Å². The normalized spacial score (nSPS) is 11.0. The van der Waals surface area contributed by atoms with Gasteiger partial charge in [0.15, 0.2) is 0 Å². The molecule has 0 aliphatic heterocycles. The predicted molar refractivity (Wildman–Crippen MR) is 67.1 cm³/mol. The minimum atomic E-state index is -0.651. The first-order valence-corrected chi connectivity index (χ1v) is 5.64. The number of hydrogen-bond acceptors (Lipinski definition) is 2. The molecule has 3 rings (SSSR count). The number of fused-ring (bicyclic) bond motifs is 3. The lowest BCUT2D eigenvalue weighted by Crippen LogP contribution is -1.85.